The molecule has 2 aromatic rings. The molecular formula is C25H27F2N5O2S. The Bertz CT molecular complexity index is 1150. The minimum atomic E-state index is -1.02. The predicted molar refractivity (Wildman–Crippen MR) is 133 cm³/mol. The van der Waals surface area contributed by atoms with Crippen LogP contribution in [0.15, 0.2) is 58.6 Å². The first-order valence-corrected chi connectivity index (χ1v) is 12.0. The van der Waals surface area contributed by atoms with Gasteiger partial charge in [-0.15, -0.1) is 0 Å². The fraction of sp³-hybridized carbons (Fsp3) is 0.360. The van der Waals surface area contributed by atoms with E-state index in [1.807, 2.05) is 37.3 Å². The second kappa shape index (κ2) is 11.9. The normalized spacial score (nSPS) is 18.7. The summed E-state index contributed by atoms with van der Waals surface area (Å²) in [4.78, 5) is 20.0. The van der Waals surface area contributed by atoms with Crippen LogP contribution < -0.4 is 5.43 Å². The molecule has 1 aliphatic rings. The van der Waals surface area contributed by atoms with Crippen LogP contribution in [-0.4, -0.2) is 41.6 Å². The molecule has 1 heterocycles. The van der Waals surface area contributed by atoms with Gasteiger partial charge >= 0.3 is 0 Å². The highest BCUT2D eigenvalue weighted by Gasteiger charge is 2.49. The predicted octanol–water partition coefficient (Wildman–Crippen LogP) is 5.10. The van der Waals surface area contributed by atoms with E-state index in [1.165, 1.54) is 23.9 Å². The van der Waals surface area contributed by atoms with Gasteiger partial charge in [0.2, 0.25) is 0 Å². The third-order valence-electron chi connectivity index (χ3n) is 5.59. The Labute approximate surface area is 208 Å². The Balaban J connectivity index is 2.05. The van der Waals surface area contributed by atoms with Crippen LogP contribution in [0.2, 0.25) is 0 Å². The molecule has 1 aliphatic heterocycles. The topological polar surface area (TPSA) is 70.7 Å². The Morgan fingerprint density at radius 2 is 2.06 bits per heavy atom. The number of hydrogen-bond donors (Lipinski definition) is 1. The van der Waals surface area contributed by atoms with Gasteiger partial charge in [0, 0.05) is 25.6 Å². The maximum absolute atomic E-state index is 14.7. The molecule has 0 fully saturated rings. The van der Waals surface area contributed by atoms with Gasteiger partial charge in [0.15, 0.2) is 5.84 Å². The van der Waals surface area contributed by atoms with Crippen molar-refractivity contribution in [3.63, 3.8) is 0 Å². The molecule has 7 nitrogen and oxygen atoms in total. The van der Waals surface area contributed by atoms with Gasteiger partial charge < -0.3 is 4.74 Å². The minimum absolute atomic E-state index is 0.0109. The van der Waals surface area contributed by atoms with E-state index < -0.39 is 28.5 Å². The SMILES string of the molecule is [C-]#[N+]NC(CC)=NCCC[C@@]1(c2ccccc2)SC(c2cc(F)ccc2F)=NN1C(=O)[C@H](C)OC. The lowest BCUT2D eigenvalue weighted by Crippen LogP contribution is -2.45. The Kier molecular flexibility index (Phi) is 8.95. The quantitative estimate of drug-likeness (QED) is 0.171. The lowest BCUT2D eigenvalue weighted by atomic mass is 9.99. The highest BCUT2D eigenvalue weighted by atomic mass is 32.2. The molecule has 10 heteroatoms. The molecule has 184 valence electrons. The highest BCUT2D eigenvalue weighted by molar-refractivity contribution is 8.15. The number of amidine groups is 1. The standard InChI is InChI=1S/C25H27F2N5O2S/c1-5-22(30-28-3)29-15-9-14-25(18-10-7-6-8-11-18)32(24(33)17(2)34-4)31-23(35-25)20-16-19(26)12-13-21(20)27/h6-8,10-13,16-17H,5,9,14-15H2,1-2,4H3,(H,29,30)/t17-,25-/m0/s1. The zero-order valence-corrected chi connectivity index (χ0v) is 20.6. The molecular weight excluding hydrogens is 472 g/mol. The summed E-state index contributed by atoms with van der Waals surface area (Å²) in [6.45, 7) is 10.9. The number of methoxy groups -OCH3 is 1. The van der Waals surface area contributed by atoms with E-state index >= 15 is 0 Å². The zero-order valence-electron chi connectivity index (χ0n) is 19.8. The number of amides is 1. The molecule has 0 radical (unpaired) electrons. The number of carbonyl (C=O) groups excluding carboxylic acids is 1. The van der Waals surface area contributed by atoms with Crippen LogP contribution in [0.25, 0.3) is 4.95 Å². The first-order valence-electron chi connectivity index (χ1n) is 11.2. The van der Waals surface area contributed by atoms with Crippen molar-refractivity contribution in [1.29, 1.82) is 0 Å². The van der Waals surface area contributed by atoms with E-state index in [0.29, 0.717) is 31.6 Å². The van der Waals surface area contributed by atoms with Gasteiger partial charge in [0.25, 0.3) is 5.91 Å². The van der Waals surface area contributed by atoms with Gasteiger partial charge in [-0.3, -0.25) is 9.79 Å². The number of aliphatic imine (C=N–C) groups is 1. The van der Waals surface area contributed by atoms with Crippen LogP contribution in [0.3, 0.4) is 0 Å². The maximum atomic E-state index is 14.7. The molecule has 0 aromatic heterocycles. The van der Waals surface area contributed by atoms with Crippen molar-refractivity contribution < 1.29 is 18.3 Å². The molecule has 0 bridgehead atoms. The second-order valence-corrected chi connectivity index (χ2v) is 9.09. The van der Waals surface area contributed by atoms with Crippen LogP contribution in [0.5, 0.6) is 0 Å². The summed E-state index contributed by atoms with van der Waals surface area (Å²) < 4.78 is 34.0. The number of hydrazone groups is 1. The van der Waals surface area contributed by atoms with E-state index in [0.717, 1.165) is 23.8 Å². The molecule has 1 N–H and O–H groups in total. The van der Waals surface area contributed by atoms with Crippen molar-refractivity contribution in [2.45, 2.75) is 44.1 Å². The third-order valence-corrected chi connectivity index (χ3v) is 7.03. The fourth-order valence-electron chi connectivity index (χ4n) is 3.67. The molecule has 35 heavy (non-hydrogen) atoms. The van der Waals surface area contributed by atoms with Crippen LogP contribution in [0, 0.1) is 18.2 Å². The molecule has 0 saturated carbocycles. The monoisotopic (exact) mass is 499 g/mol. The molecule has 0 unspecified atom stereocenters. The molecule has 1 amide bonds. The largest absolute Gasteiger partial charge is 0.372 e. The summed E-state index contributed by atoms with van der Waals surface area (Å²) in [7, 11) is 1.43. The number of carbonyl (C=O) groups is 1. The van der Waals surface area contributed by atoms with Crippen molar-refractivity contribution in [3.8, 4) is 0 Å². The van der Waals surface area contributed by atoms with E-state index in [4.69, 9.17) is 11.3 Å². The number of halogens is 2. The van der Waals surface area contributed by atoms with Gasteiger partial charge in [0.05, 0.1) is 0 Å². The molecule has 2 atom stereocenters. The summed E-state index contributed by atoms with van der Waals surface area (Å²) in [5, 5.41) is 6.05. The van der Waals surface area contributed by atoms with Crippen molar-refractivity contribution in [3.05, 3.63) is 82.8 Å². The van der Waals surface area contributed by atoms with E-state index in [-0.39, 0.29) is 10.6 Å². The Hall–Kier alpha value is -3.29. The van der Waals surface area contributed by atoms with E-state index in [9.17, 15) is 13.6 Å². The van der Waals surface area contributed by atoms with Gasteiger partial charge in [-0.2, -0.15) is 16.6 Å². The first-order chi connectivity index (χ1) is 16.9. The number of nitrogens with one attached hydrogen (secondary N) is 1. The second-order valence-electron chi connectivity index (χ2n) is 7.82. The van der Waals surface area contributed by atoms with Gasteiger partial charge in [-0.1, -0.05) is 54.4 Å². The average molecular weight is 500 g/mol. The minimum Gasteiger partial charge on any atom is -0.372 e. The smallest absolute Gasteiger partial charge is 0.273 e. The summed E-state index contributed by atoms with van der Waals surface area (Å²) >= 11 is 1.21. The molecule has 0 spiro atoms. The lowest BCUT2D eigenvalue weighted by Gasteiger charge is -2.36. The van der Waals surface area contributed by atoms with E-state index in [1.54, 1.807) is 6.92 Å². The van der Waals surface area contributed by atoms with Crippen LogP contribution >= 0.6 is 11.8 Å². The van der Waals surface area contributed by atoms with Crippen molar-refractivity contribution in [1.82, 2.24) is 10.4 Å². The zero-order chi connectivity index (χ0) is 25.4. The number of nitrogens with zero attached hydrogens (tertiary/aromatic N) is 4. The van der Waals surface area contributed by atoms with Crippen LogP contribution in [0.4, 0.5) is 8.78 Å². The Morgan fingerprint density at radius 1 is 1.31 bits per heavy atom. The maximum Gasteiger partial charge on any atom is 0.273 e. The number of hydrogen-bond acceptors (Lipinski definition) is 5. The molecule has 0 aliphatic carbocycles. The van der Waals surface area contributed by atoms with E-state index in [2.05, 4.69) is 20.5 Å². The van der Waals surface area contributed by atoms with Gasteiger partial charge in [0.1, 0.15) is 27.7 Å². The van der Waals surface area contributed by atoms with Crippen LogP contribution in [0.1, 0.15) is 44.2 Å². The summed E-state index contributed by atoms with van der Waals surface area (Å²) in [6.07, 6.45) is 0.756. The number of rotatable bonds is 9. The first kappa shape index (κ1) is 26.3. The molecule has 0 saturated heterocycles. The molecule has 2 aromatic carbocycles. The number of benzene rings is 2. The van der Waals surface area contributed by atoms with Crippen molar-refractivity contribution in [2.75, 3.05) is 13.7 Å². The van der Waals surface area contributed by atoms with Crippen molar-refractivity contribution in [2.24, 2.45) is 10.1 Å². The van der Waals surface area contributed by atoms with Crippen molar-refractivity contribution >= 4 is 28.5 Å². The van der Waals surface area contributed by atoms with Gasteiger partial charge in [-0.25, -0.2) is 13.8 Å². The fourth-order valence-corrected chi connectivity index (χ4v) is 5.10. The summed E-state index contributed by atoms with van der Waals surface area (Å²) in [6, 6.07) is 12.5. The summed E-state index contributed by atoms with van der Waals surface area (Å²) in [5.41, 5.74) is 3.32. The lowest BCUT2D eigenvalue weighted by molar-refractivity contribution is -0.144. The van der Waals surface area contributed by atoms with Crippen LogP contribution in [-0.2, 0) is 14.4 Å². The number of thioether (sulfide) groups is 1. The third kappa shape index (κ3) is 5.86. The molecule has 3 rings (SSSR count). The number of ether oxygens (including phenoxy) is 1. The Morgan fingerprint density at radius 3 is 2.71 bits per heavy atom. The highest BCUT2D eigenvalue weighted by Crippen LogP contribution is 2.51. The average Bonchev–Trinajstić information content (AvgIpc) is 3.27. The summed E-state index contributed by atoms with van der Waals surface area (Å²) in [5.74, 6) is -1.05. The van der Waals surface area contributed by atoms with Gasteiger partial charge in [-0.05, 0) is 43.5 Å².